The number of benzene rings is 1. The van der Waals surface area contributed by atoms with Crippen molar-refractivity contribution in [3.8, 4) is 10.6 Å². The molecule has 0 aliphatic carbocycles. The van der Waals surface area contributed by atoms with Gasteiger partial charge < -0.3 is 10.2 Å². The van der Waals surface area contributed by atoms with Crippen molar-refractivity contribution < 1.29 is 4.79 Å². The topological polar surface area (TPSA) is 45.2 Å². The molecule has 3 heterocycles. The van der Waals surface area contributed by atoms with E-state index in [0.29, 0.717) is 17.1 Å². The van der Waals surface area contributed by atoms with E-state index in [9.17, 15) is 4.79 Å². The fourth-order valence-corrected chi connectivity index (χ4v) is 4.88. The van der Waals surface area contributed by atoms with Gasteiger partial charge in [0.25, 0.3) is 5.91 Å². The van der Waals surface area contributed by atoms with E-state index in [1.807, 2.05) is 31.2 Å². The smallest absolute Gasteiger partial charge is 0.266 e. The van der Waals surface area contributed by atoms with Crippen molar-refractivity contribution in [1.29, 1.82) is 0 Å². The second kappa shape index (κ2) is 6.47. The van der Waals surface area contributed by atoms with Crippen LogP contribution in [0.1, 0.15) is 34.6 Å². The maximum absolute atomic E-state index is 13.2. The number of thiazole rings is 1. The minimum atomic E-state index is 0.154. The summed E-state index contributed by atoms with van der Waals surface area (Å²) >= 11 is 7.45. The second-order valence-corrected chi connectivity index (χ2v) is 7.97. The standard InChI is InChI=1S/C18H20ClN3OS/c1-11-16(24-17(21-11)12-2-4-13(19)5-3-12)18(23)22-14-6-7-15(22)10-20-9-8-14/h2-5,14-15,20H,6-10H2,1H3. The highest BCUT2D eigenvalue weighted by molar-refractivity contribution is 7.17. The lowest BCUT2D eigenvalue weighted by Crippen LogP contribution is -2.42. The van der Waals surface area contributed by atoms with Gasteiger partial charge in [0.15, 0.2) is 0 Å². The Balaban J connectivity index is 1.64. The van der Waals surface area contributed by atoms with Crippen LogP contribution < -0.4 is 5.32 Å². The van der Waals surface area contributed by atoms with Crippen LogP contribution in [0.5, 0.6) is 0 Å². The quantitative estimate of drug-likeness (QED) is 0.886. The Labute approximate surface area is 150 Å². The van der Waals surface area contributed by atoms with Crippen LogP contribution in [0, 0.1) is 6.92 Å². The number of aryl methyl sites for hydroxylation is 1. The number of aromatic nitrogens is 1. The number of carbonyl (C=O) groups is 1. The molecule has 4 nitrogen and oxygen atoms in total. The highest BCUT2D eigenvalue weighted by Gasteiger charge is 2.39. The summed E-state index contributed by atoms with van der Waals surface area (Å²) in [5.74, 6) is 0.154. The Morgan fingerprint density at radius 2 is 2.00 bits per heavy atom. The minimum Gasteiger partial charge on any atom is -0.331 e. The zero-order valence-corrected chi connectivity index (χ0v) is 15.2. The van der Waals surface area contributed by atoms with E-state index in [0.717, 1.165) is 53.5 Å². The molecule has 0 spiro atoms. The molecule has 2 aromatic rings. The van der Waals surface area contributed by atoms with Crippen molar-refractivity contribution in [3.05, 3.63) is 39.9 Å². The molecule has 1 aromatic carbocycles. The fraction of sp³-hybridized carbons (Fsp3) is 0.444. The maximum Gasteiger partial charge on any atom is 0.266 e. The highest BCUT2D eigenvalue weighted by atomic mass is 35.5. The molecule has 126 valence electrons. The zero-order valence-electron chi connectivity index (χ0n) is 13.6. The molecule has 24 heavy (non-hydrogen) atoms. The largest absolute Gasteiger partial charge is 0.331 e. The number of rotatable bonds is 2. The number of amides is 1. The molecule has 4 rings (SSSR count). The molecule has 1 aromatic heterocycles. The van der Waals surface area contributed by atoms with Crippen LogP contribution in [0.2, 0.25) is 5.02 Å². The SMILES string of the molecule is Cc1nc(-c2ccc(Cl)cc2)sc1C(=O)N1C2CCNCC1CC2. The molecule has 1 amide bonds. The summed E-state index contributed by atoms with van der Waals surface area (Å²) in [5, 5.41) is 5.04. The van der Waals surface area contributed by atoms with Gasteiger partial charge in [-0.25, -0.2) is 4.98 Å². The van der Waals surface area contributed by atoms with Gasteiger partial charge in [-0.15, -0.1) is 11.3 Å². The van der Waals surface area contributed by atoms with Crippen LogP contribution in [0.4, 0.5) is 0 Å². The summed E-state index contributed by atoms with van der Waals surface area (Å²) in [5.41, 5.74) is 1.83. The van der Waals surface area contributed by atoms with Gasteiger partial charge >= 0.3 is 0 Å². The van der Waals surface area contributed by atoms with E-state index < -0.39 is 0 Å². The van der Waals surface area contributed by atoms with Gasteiger partial charge in [0.1, 0.15) is 9.88 Å². The number of hydrogen-bond acceptors (Lipinski definition) is 4. The van der Waals surface area contributed by atoms with Gasteiger partial charge in [-0.2, -0.15) is 0 Å². The molecule has 0 radical (unpaired) electrons. The number of nitrogens with one attached hydrogen (secondary N) is 1. The van der Waals surface area contributed by atoms with Gasteiger partial charge in [0.05, 0.1) is 5.69 Å². The Morgan fingerprint density at radius 3 is 2.79 bits per heavy atom. The Kier molecular flexibility index (Phi) is 4.33. The van der Waals surface area contributed by atoms with Gasteiger partial charge in [-0.3, -0.25) is 4.79 Å². The van der Waals surface area contributed by atoms with Crippen molar-refractivity contribution in [2.75, 3.05) is 13.1 Å². The third kappa shape index (κ3) is 2.85. The van der Waals surface area contributed by atoms with Crippen LogP contribution in [0.3, 0.4) is 0 Å². The van der Waals surface area contributed by atoms with Crippen LogP contribution in [0.15, 0.2) is 24.3 Å². The van der Waals surface area contributed by atoms with Crippen LogP contribution in [-0.2, 0) is 0 Å². The number of fused-ring (bicyclic) bond motifs is 2. The van der Waals surface area contributed by atoms with E-state index in [2.05, 4.69) is 15.2 Å². The van der Waals surface area contributed by atoms with Crippen LogP contribution in [0.25, 0.3) is 10.6 Å². The summed E-state index contributed by atoms with van der Waals surface area (Å²) in [4.78, 5) is 20.7. The van der Waals surface area contributed by atoms with Gasteiger partial charge in [0, 0.05) is 29.2 Å². The summed E-state index contributed by atoms with van der Waals surface area (Å²) in [6.07, 6.45) is 3.27. The number of halogens is 1. The van der Waals surface area contributed by atoms with E-state index in [4.69, 9.17) is 11.6 Å². The molecule has 6 heteroatoms. The first-order chi connectivity index (χ1) is 11.6. The molecule has 2 atom stereocenters. The Bertz CT molecular complexity index is 744. The highest BCUT2D eigenvalue weighted by Crippen LogP contribution is 2.34. The fourth-order valence-electron chi connectivity index (χ4n) is 3.74. The molecule has 2 unspecified atom stereocenters. The average Bonchev–Trinajstić information content (AvgIpc) is 3.06. The maximum atomic E-state index is 13.2. The van der Waals surface area contributed by atoms with E-state index in [1.165, 1.54) is 11.3 Å². The molecule has 2 aliphatic heterocycles. The molecule has 1 N–H and O–H groups in total. The van der Waals surface area contributed by atoms with Crippen molar-refractivity contribution in [2.45, 2.75) is 38.3 Å². The predicted octanol–water partition coefficient (Wildman–Crippen LogP) is 3.74. The summed E-state index contributed by atoms with van der Waals surface area (Å²) < 4.78 is 0. The molecule has 2 fully saturated rings. The van der Waals surface area contributed by atoms with E-state index >= 15 is 0 Å². The van der Waals surface area contributed by atoms with Crippen molar-refractivity contribution in [2.24, 2.45) is 0 Å². The first-order valence-electron chi connectivity index (χ1n) is 8.40. The lowest BCUT2D eigenvalue weighted by atomic mass is 10.1. The number of carbonyl (C=O) groups excluding carboxylic acids is 1. The predicted molar refractivity (Wildman–Crippen MR) is 97.8 cm³/mol. The normalized spacial score (nSPS) is 23.3. The third-order valence-corrected chi connectivity index (χ3v) is 6.42. The van der Waals surface area contributed by atoms with E-state index in [-0.39, 0.29) is 5.91 Å². The molecule has 0 saturated carbocycles. The molecular weight excluding hydrogens is 342 g/mol. The number of hydrogen-bond donors (Lipinski definition) is 1. The lowest BCUT2D eigenvalue weighted by molar-refractivity contribution is 0.0684. The van der Waals surface area contributed by atoms with E-state index in [1.54, 1.807) is 0 Å². The van der Waals surface area contributed by atoms with Crippen molar-refractivity contribution in [1.82, 2.24) is 15.2 Å². The Hall–Kier alpha value is -1.43. The molecule has 2 bridgehead atoms. The first-order valence-corrected chi connectivity index (χ1v) is 9.59. The lowest BCUT2D eigenvalue weighted by Gasteiger charge is -2.27. The van der Waals surface area contributed by atoms with Crippen LogP contribution >= 0.6 is 22.9 Å². The Morgan fingerprint density at radius 1 is 1.25 bits per heavy atom. The monoisotopic (exact) mass is 361 g/mol. The summed E-state index contributed by atoms with van der Waals surface area (Å²) in [7, 11) is 0. The molecule has 2 aliphatic rings. The number of nitrogens with zero attached hydrogens (tertiary/aromatic N) is 2. The third-order valence-electron chi connectivity index (χ3n) is 4.97. The summed E-state index contributed by atoms with van der Waals surface area (Å²) in [6, 6.07) is 8.32. The van der Waals surface area contributed by atoms with Gasteiger partial charge in [-0.1, -0.05) is 23.7 Å². The van der Waals surface area contributed by atoms with Gasteiger partial charge in [-0.05, 0) is 44.9 Å². The molecule has 2 saturated heterocycles. The molecular formula is C18H20ClN3OS. The summed E-state index contributed by atoms with van der Waals surface area (Å²) in [6.45, 7) is 3.84. The first kappa shape index (κ1) is 16.1. The minimum absolute atomic E-state index is 0.154. The van der Waals surface area contributed by atoms with Crippen LogP contribution in [-0.4, -0.2) is 41.0 Å². The van der Waals surface area contributed by atoms with Crippen molar-refractivity contribution >= 4 is 28.8 Å². The second-order valence-electron chi connectivity index (χ2n) is 6.53. The zero-order chi connectivity index (χ0) is 16.7. The van der Waals surface area contributed by atoms with Gasteiger partial charge in [0.2, 0.25) is 0 Å². The van der Waals surface area contributed by atoms with Crippen molar-refractivity contribution in [3.63, 3.8) is 0 Å². The average molecular weight is 362 g/mol.